The molecule has 2 rings (SSSR count). The molecule has 0 unspecified atom stereocenters. The SMILES string of the molecule is Cc1cc(OC(C)C)nc(-n2ccnc2CCN)n1. The topological polar surface area (TPSA) is 78.8 Å². The van der Waals surface area contributed by atoms with Gasteiger partial charge in [-0.2, -0.15) is 4.98 Å². The van der Waals surface area contributed by atoms with Crippen LogP contribution in [0.15, 0.2) is 18.5 Å². The van der Waals surface area contributed by atoms with Gasteiger partial charge in [-0.15, -0.1) is 0 Å². The molecule has 0 aliphatic heterocycles. The first kappa shape index (κ1) is 13.5. The number of hydrogen-bond donors (Lipinski definition) is 1. The lowest BCUT2D eigenvalue weighted by Crippen LogP contribution is -2.13. The molecule has 0 aliphatic carbocycles. The Labute approximate surface area is 112 Å². The van der Waals surface area contributed by atoms with Gasteiger partial charge in [0.1, 0.15) is 5.82 Å². The van der Waals surface area contributed by atoms with Crippen LogP contribution in [-0.4, -0.2) is 32.2 Å². The van der Waals surface area contributed by atoms with Crippen LogP contribution in [-0.2, 0) is 6.42 Å². The van der Waals surface area contributed by atoms with E-state index in [1.807, 2.05) is 37.6 Å². The molecule has 0 amide bonds. The van der Waals surface area contributed by atoms with Gasteiger partial charge in [-0.3, -0.25) is 4.57 Å². The quantitative estimate of drug-likeness (QED) is 0.876. The van der Waals surface area contributed by atoms with Crippen LogP contribution in [0.3, 0.4) is 0 Å². The lowest BCUT2D eigenvalue weighted by Gasteiger charge is -2.11. The molecule has 0 fully saturated rings. The summed E-state index contributed by atoms with van der Waals surface area (Å²) >= 11 is 0. The van der Waals surface area contributed by atoms with Crippen LogP contribution in [0.4, 0.5) is 0 Å². The van der Waals surface area contributed by atoms with E-state index >= 15 is 0 Å². The maximum Gasteiger partial charge on any atom is 0.238 e. The molecule has 2 aromatic rings. The van der Waals surface area contributed by atoms with Crippen molar-refractivity contribution in [3.63, 3.8) is 0 Å². The number of ether oxygens (including phenoxy) is 1. The standard InChI is InChI=1S/C13H19N5O/c1-9(2)19-12-8-10(3)16-13(17-12)18-7-6-15-11(18)4-5-14/h6-9H,4-5,14H2,1-3H3. The molecule has 0 aliphatic rings. The van der Waals surface area contributed by atoms with Crippen LogP contribution in [0.1, 0.15) is 25.4 Å². The fourth-order valence-corrected chi connectivity index (χ4v) is 1.76. The first-order valence-electron chi connectivity index (χ1n) is 6.35. The van der Waals surface area contributed by atoms with Crippen LogP contribution in [0.2, 0.25) is 0 Å². The molecule has 6 heteroatoms. The lowest BCUT2D eigenvalue weighted by atomic mass is 10.4. The van der Waals surface area contributed by atoms with Gasteiger partial charge in [0.25, 0.3) is 0 Å². The van der Waals surface area contributed by atoms with E-state index in [1.165, 1.54) is 0 Å². The van der Waals surface area contributed by atoms with Crippen molar-refractivity contribution in [1.82, 2.24) is 19.5 Å². The van der Waals surface area contributed by atoms with Crippen LogP contribution in [0, 0.1) is 6.92 Å². The molecule has 0 aromatic carbocycles. The van der Waals surface area contributed by atoms with Gasteiger partial charge < -0.3 is 10.5 Å². The molecule has 0 bridgehead atoms. The van der Waals surface area contributed by atoms with Gasteiger partial charge in [0.15, 0.2) is 0 Å². The predicted octanol–water partition coefficient (Wildman–Crippen LogP) is 1.26. The molecule has 0 saturated heterocycles. The second-order valence-corrected chi connectivity index (χ2v) is 4.57. The summed E-state index contributed by atoms with van der Waals surface area (Å²) in [6, 6.07) is 1.82. The van der Waals surface area contributed by atoms with Gasteiger partial charge in [0.2, 0.25) is 11.8 Å². The van der Waals surface area contributed by atoms with E-state index in [4.69, 9.17) is 10.5 Å². The highest BCUT2D eigenvalue weighted by atomic mass is 16.5. The second-order valence-electron chi connectivity index (χ2n) is 4.57. The average Bonchev–Trinajstić information content (AvgIpc) is 2.76. The van der Waals surface area contributed by atoms with Crippen LogP contribution in [0.5, 0.6) is 5.88 Å². The first-order valence-corrected chi connectivity index (χ1v) is 6.35. The van der Waals surface area contributed by atoms with Crippen LogP contribution < -0.4 is 10.5 Å². The monoisotopic (exact) mass is 261 g/mol. The van der Waals surface area contributed by atoms with Gasteiger partial charge in [0.05, 0.1) is 6.10 Å². The molecule has 0 radical (unpaired) electrons. The molecule has 6 nitrogen and oxygen atoms in total. The Bertz CT molecular complexity index is 550. The van der Waals surface area contributed by atoms with Crippen molar-refractivity contribution in [2.75, 3.05) is 6.54 Å². The summed E-state index contributed by atoms with van der Waals surface area (Å²) in [5.41, 5.74) is 6.43. The Morgan fingerprint density at radius 3 is 2.84 bits per heavy atom. The number of aromatic nitrogens is 4. The van der Waals surface area contributed by atoms with Crippen molar-refractivity contribution in [2.45, 2.75) is 33.3 Å². The number of aryl methyl sites for hydroxylation is 1. The van der Waals surface area contributed by atoms with Crippen LogP contribution >= 0.6 is 0 Å². The molecule has 0 saturated carbocycles. The van der Waals surface area contributed by atoms with Gasteiger partial charge in [-0.05, 0) is 27.3 Å². The van der Waals surface area contributed by atoms with E-state index in [0.717, 1.165) is 11.5 Å². The van der Waals surface area contributed by atoms with Gasteiger partial charge in [0, 0.05) is 30.6 Å². The van der Waals surface area contributed by atoms with E-state index in [9.17, 15) is 0 Å². The van der Waals surface area contributed by atoms with Crippen LogP contribution in [0.25, 0.3) is 5.95 Å². The fraction of sp³-hybridized carbons (Fsp3) is 0.462. The zero-order chi connectivity index (χ0) is 13.8. The molecule has 102 valence electrons. The van der Waals surface area contributed by atoms with Crippen molar-refractivity contribution in [3.05, 3.63) is 30.0 Å². The molecule has 2 N–H and O–H groups in total. The highest BCUT2D eigenvalue weighted by Gasteiger charge is 2.10. The zero-order valence-corrected chi connectivity index (χ0v) is 11.5. The maximum atomic E-state index is 5.62. The highest BCUT2D eigenvalue weighted by molar-refractivity contribution is 5.24. The highest BCUT2D eigenvalue weighted by Crippen LogP contribution is 2.14. The summed E-state index contributed by atoms with van der Waals surface area (Å²) in [6.07, 6.45) is 4.32. The molecule has 0 spiro atoms. The maximum absolute atomic E-state index is 5.62. The van der Waals surface area contributed by atoms with E-state index in [2.05, 4.69) is 15.0 Å². The Balaban J connectivity index is 2.38. The van der Waals surface area contributed by atoms with E-state index in [-0.39, 0.29) is 6.10 Å². The zero-order valence-electron chi connectivity index (χ0n) is 11.5. The third-order valence-corrected chi connectivity index (χ3v) is 2.48. The number of nitrogens with zero attached hydrogens (tertiary/aromatic N) is 4. The molecule has 0 atom stereocenters. The fourth-order valence-electron chi connectivity index (χ4n) is 1.76. The summed E-state index contributed by atoms with van der Waals surface area (Å²) in [7, 11) is 0. The van der Waals surface area contributed by atoms with Crippen molar-refractivity contribution < 1.29 is 4.74 Å². The Kier molecular flexibility index (Phi) is 4.11. The summed E-state index contributed by atoms with van der Waals surface area (Å²) in [6.45, 7) is 6.39. The predicted molar refractivity (Wildman–Crippen MR) is 72.4 cm³/mol. The third-order valence-electron chi connectivity index (χ3n) is 2.48. The number of nitrogens with two attached hydrogens (primary N) is 1. The molecule has 19 heavy (non-hydrogen) atoms. The molecular formula is C13H19N5O. The van der Waals surface area contributed by atoms with Crippen molar-refractivity contribution in [1.29, 1.82) is 0 Å². The summed E-state index contributed by atoms with van der Waals surface area (Å²) in [5, 5.41) is 0. The smallest absolute Gasteiger partial charge is 0.238 e. The second kappa shape index (κ2) is 5.79. The molecule has 2 heterocycles. The van der Waals surface area contributed by atoms with Gasteiger partial charge in [-0.1, -0.05) is 0 Å². The minimum atomic E-state index is 0.0773. The average molecular weight is 261 g/mol. The van der Waals surface area contributed by atoms with E-state index < -0.39 is 0 Å². The molecule has 2 aromatic heterocycles. The van der Waals surface area contributed by atoms with Crippen molar-refractivity contribution in [3.8, 4) is 11.8 Å². The largest absolute Gasteiger partial charge is 0.475 e. The Hall–Kier alpha value is -1.95. The van der Waals surface area contributed by atoms with Crippen molar-refractivity contribution >= 4 is 0 Å². The molecular weight excluding hydrogens is 242 g/mol. The summed E-state index contributed by atoms with van der Waals surface area (Å²) < 4.78 is 7.46. The first-order chi connectivity index (χ1) is 9.10. The van der Waals surface area contributed by atoms with Gasteiger partial charge in [-0.25, -0.2) is 9.97 Å². The van der Waals surface area contributed by atoms with E-state index in [1.54, 1.807) is 6.20 Å². The normalized spacial score (nSPS) is 11.0. The Morgan fingerprint density at radius 1 is 1.37 bits per heavy atom. The number of hydrogen-bond acceptors (Lipinski definition) is 5. The summed E-state index contributed by atoms with van der Waals surface area (Å²) in [4.78, 5) is 13.1. The lowest BCUT2D eigenvalue weighted by molar-refractivity contribution is 0.232. The summed E-state index contributed by atoms with van der Waals surface area (Å²) in [5.74, 6) is 1.99. The Morgan fingerprint density at radius 2 is 2.16 bits per heavy atom. The van der Waals surface area contributed by atoms with Crippen molar-refractivity contribution in [2.24, 2.45) is 5.73 Å². The number of imidazole rings is 1. The minimum absolute atomic E-state index is 0.0773. The van der Waals surface area contributed by atoms with Gasteiger partial charge >= 0.3 is 0 Å². The van der Waals surface area contributed by atoms with E-state index in [0.29, 0.717) is 24.8 Å². The third kappa shape index (κ3) is 3.29. The minimum Gasteiger partial charge on any atom is -0.475 e. The number of rotatable bonds is 5.